The maximum atomic E-state index is 12.7. The van der Waals surface area contributed by atoms with Gasteiger partial charge in [0.2, 0.25) is 0 Å². The van der Waals surface area contributed by atoms with Gasteiger partial charge in [-0.05, 0) is 63.1 Å². The van der Waals surface area contributed by atoms with E-state index in [4.69, 9.17) is 11.6 Å². The van der Waals surface area contributed by atoms with E-state index < -0.39 is 0 Å². The van der Waals surface area contributed by atoms with Crippen LogP contribution in [0.2, 0.25) is 5.02 Å². The number of carbonyl (C=O) groups excluding carboxylic acids is 2. The van der Waals surface area contributed by atoms with Crippen LogP contribution in [0.4, 0.5) is 21.0 Å². The molecule has 2 heterocycles. The van der Waals surface area contributed by atoms with E-state index in [1.165, 1.54) is 38.5 Å². The first-order chi connectivity index (χ1) is 15.6. The zero-order chi connectivity index (χ0) is 22.3. The van der Waals surface area contributed by atoms with E-state index in [1.807, 2.05) is 23.1 Å². The van der Waals surface area contributed by atoms with Gasteiger partial charge in [0, 0.05) is 44.0 Å². The zero-order valence-corrected chi connectivity index (χ0v) is 19.6. The second-order valence-electron chi connectivity index (χ2n) is 9.36. The molecule has 3 aliphatic rings. The normalized spacial score (nSPS) is 20.7. The lowest BCUT2D eigenvalue weighted by atomic mass is 9.96. The van der Waals surface area contributed by atoms with Gasteiger partial charge in [0.05, 0.1) is 10.7 Å². The van der Waals surface area contributed by atoms with Crippen LogP contribution in [0.5, 0.6) is 0 Å². The zero-order valence-electron chi connectivity index (χ0n) is 18.9. The van der Waals surface area contributed by atoms with Gasteiger partial charge in [-0.3, -0.25) is 0 Å². The predicted octanol–water partition coefficient (Wildman–Crippen LogP) is 4.96. The van der Waals surface area contributed by atoms with Gasteiger partial charge < -0.3 is 25.8 Å². The van der Waals surface area contributed by atoms with Crippen molar-refractivity contribution < 1.29 is 9.59 Å². The molecule has 1 aromatic carbocycles. The molecule has 2 aliphatic heterocycles. The molecule has 8 heteroatoms. The number of anilines is 2. The Morgan fingerprint density at radius 2 is 1.44 bits per heavy atom. The first kappa shape index (κ1) is 23.0. The number of likely N-dealkylation sites (tertiary alicyclic amines) is 1. The number of benzene rings is 1. The fraction of sp³-hybridized carbons (Fsp3) is 0.667. The molecule has 176 valence electrons. The van der Waals surface area contributed by atoms with Gasteiger partial charge >= 0.3 is 12.1 Å². The lowest BCUT2D eigenvalue weighted by Gasteiger charge is -2.33. The summed E-state index contributed by atoms with van der Waals surface area (Å²) >= 11 is 6.52. The molecule has 1 aliphatic carbocycles. The molecule has 4 rings (SSSR count). The first-order valence-corrected chi connectivity index (χ1v) is 12.6. The molecular weight excluding hydrogens is 426 g/mol. The molecule has 0 radical (unpaired) electrons. The molecule has 0 aromatic heterocycles. The Labute approximate surface area is 196 Å². The highest BCUT2D eigenvalue weighted by molar-refractivity contribution is 6.33. The molecule has 0 bridgehead atoms. The minimum Gasteiger partial charge on any atom is -0.370 e. The van der Waals surface area contributed by atoms with E-state index in [1.54, 1.807) is 0 Å². The molecule has 0 spiro atoms. The van der Waals surface area contributed by atoms with Gasteiger partial charge in [0.15, 0.2) is 0 Å². The van der Waals surface area contributed by atoms with Crippen molar-refractivity contribution in [2.45, 2.75) is 76.3 Å². The molecule has 0 atom stereocenters. The van der Waals surface area contributed by atoms with Crippen LogP contribution in [-0.4, -0.2) is 55.2 Å². The van der Waals surface area contributed by atoms with E-state index in [2.05, 4.69) is 20.9 Å². The van der Waals surface area contributed by atoms with Crippen molar-refractivity contribution in [3.8, 4) is 0 Å². The topological polar surface area (TPSA) is 76.7 Å². The summed E-state index contributed by atoms with van der Waals surface area (Å²) in [5, 5.41) is 9.85. The number of halogens is 1. The summed E-state index contributed by atoms with van der Waals surface area (Å²) < 4.78 is 0. The summed E-state index contributed by atoms with van der Waals surface area (Å²) in [4.78, 5) is 29.1. The van der Waals surface area contributed by atoms with Gasteiger partial charge in [-0.2, -0.15) is 0 Å². The van der Waals surface area contributed by atoms with Gasteiger partial charge in [-0.25, -0.2) is 9.59 Å². The Bertz CT molecular complexity index is 785. The van der Waals surface area contributed by atoms with Gasteiger partial charge in [-0.15, -0.1) is 0 Å². The van der Waals surface area contributed by atoms with Crippen molar-refractivity contribution in [3.63, 3.8) is 0 Å². The number of hydrogen-bond donors (Lipinski definition) is 3. The number of hydrogen-bond acceptors (Lipinski definition) is 3. The van der Waals surface area contributed by atoms with Crippen LogP contribution in [0.1, 0.15) is 64.2 Å². The van der Waals surface area contributed by atoms with Crippen LogP contribution in [0, 0.1) is 0 Å². The lowest BCUT2D eigenvalue weighted by molar-refractivity contribution is 0.186. The van der Waals surface area contributed by atoms with Crippen molar-refractivity contribution in [2.24, 2.45) is 0 Å². The molecular formula is C24H36ClN5O2. The van der Waals surface area contributed by atoms with Gasteiger partial charge in [0.1, 0.15) is 0 Å². The van der Waals surface area contributed by atoms with E-state index in [-0.39, 0.29) is 18.1 Å². The molecule has 1 aromatic rings. The third-order valence-corrected chi connectivity index (χ3v) is 7.26. The summed E-state index contributed by atoms with van der Waals surface area (Å²) in [6, 6.07) is 6.01. The SMILES string of the molecule is O=C(NC1CCCCC1)NC1CCN(C(=O)Nc2ccc(N3CCCCC3)c(Cl)c2)CC1. The Kier molecular flexibility index (Phi) is 8.00. The number of amides is 4. The first-order valence-electron chi connectivity index (χ1n) is 12.3. The smallest absolute Gasteiger partial charge is 0.321 e. The Hall–Kier alpha value is -2.15. The van der Waals surface area contributed by atoms with Gasteiger partial charge in [0.25, 0.3) is 0 Å². The minimum atomic E-state index is -0.114. The maximum absolute atomic E-state index is 12.7. The monoisotopic (exact) mass is 461 g/mol. The van der Waals surface area contributed by atoms with Crippen LogP contribution in [0.25, 0.3) is 0 Å². The molecule has 0 unspecified atom stereocenters. The van der Waals surface area contributed by atoms with Crippen LogP contribution >= 0.6 is 11.6 Å². The summed E-state index contributed by atoms with van der Waals surface area (Å²) in [5.41, 5.74) is 1.76. The van der Waals surface area contributed by atoms with E-state index in [0.717, 1.165) is 44.5 Å². The average molecular weight is 462 g/mol. The summed E-state index contributed by atoms with van der Waals surface area (Å²) in [6.07, 6.45) is 11.0. The van der Waals surface area contributed by atoms with E-state index in [0.29, 0.717) is 29.8 Å². The molecule has 7 nitrogen and oxygen atoms in total. The third kappa shape index (κ3) is 6.21. The second-order valence-corrected chi connectivity index (χ2v) is 9.77. The maximum Gasteiger partial charge on any atom is 0.321 e. The standard InChI is InChI=1S/C24H36ClN5O2/c25-21-17-20(9-10-22(21)29-13-5-2-6-14-29)28-24(32)30-15-11-19(12-16-30)27-23(31)26-18-7-3-1-4-8-18/h9-10,17-19H,1-8,11-16H2,(H,28,32)(H2,26,27,31). The van der Waals surface area contributed by atoms with E-state index >= 15 is 0 Å². The summed E-state index contributed by atoms with van der Waals surface area (Å²) in [5.74, 6) is 0. The Balaban J connectivity index is 1.21. The fourth-order valence-corrected chi connectivity index (χ4v) is 5.36. The largest absolute Gasteiger partial charge is 0.370 e. The van der Waals surface area contributed by atoms with Crippen LogP contribution < -0.4 is 20.9 Å². The van der Waals surface area contributed by atoms with Gasteiger partial charge in [-0.1, -0.05) is 30.9 Å². The minimum absolute atomic E-state index is 0.0664. The fourth-order valence-electron chi connectivity index (χ4n) is 5.06. The van der Waals surface area contributed by atoms with Crippen molar-refractivity contribution >= 4 is 35.0 Å². The predicted molar refractivity (Wildman–Crippen MR) is 130 cm³/mol. The van der Waals surface area contributed by atoms with Crippen LogP contribution in [-0.2, 0) is 0 Å². The molecule has 3 N–H and O–H groups in total. The summed E-state index contributed by atoms with van der Waals surface area (Å²) in [7, 11) is 0. The molecule has 3 fully saturated rings. The molecule has 4 amide bonds. The number of nitrogens with zero attached hydrogens (tertiary/aromatic N) is 2. The molecule has 1 saturated carbocycles. The van der Waals surface area contributed by atoms with Crippen molar-refractivity contribution in [1.29, 1.82) is 0 Å². The Morgan fingerprint density at radius 3 is 2.09 bits per heavy atom. The highest BCUT2D eigenvalue weighted by Gasteiger charge is 2.25. The van der Waals surface area contributed by atoms with Crippen LogP contribution in [0.3, 0.4) is 0 Å². The quantitative estimate of drug-likeness (QED) is 0.593. The Morgan fingerprint density at radius 1 is 0.812 bits per heavy atom. The van der Waals surface area contributed by atoms with Crippen molar-refractivity contribution in [2.75, 3.05) is 36.4 Å². The second kappa shape index (κ2) is 11.1. The average Bonchev–Trinajstić information content (AvgIpc) is 2.81. The summed E-state index contributed by atoms with van der Waals surface area (Å²) in [6.45, 7) is 3.32. The van der Waals surface area contributed by atoms with Crippen molar-refractivity contribution in [3.05, 3.63) is 23.2 Å². The van der Waals surface area contributed by atoms with E-state index in [9.17, 15) is 9.59 Å². The molecule has 32 heavy (non-hydrogen) atoms. The number of rotatable bonds is 4. The number of carbonyl (C=O) groups is 2. The van der Waals surface area contributed by atoms with Crippen molar-refractivity contribution in [1.82, 2.24) is 15.5 Å². The highest BCUT2D eigenvalue weighted by atomic mass is 35.5. The molecule has 2 saturated heterocycles. The van der Waals surface area contributed by atoms with Crippen LogP contribution in [0.15, 0.2) is 18.2 Å². The number of nitrogens with one attached hydrogen (secondary N) is 3. The lowest BCUT2D eigenvalue weighted by Crippen LogP contribution is -2.51. The third-order valence-electron chi connectivity index (χ3n) is 6.95. The number of piperidine rings is 2. The highest BCUT2D eigenvalue weighted by Crippen LogP contribution is 2.31. The number of urea groups is 2.